The van der Waals surface area contributed by atoms with Gasteiger partial charge >= 0.3 is 0 Å². The van der Waals surface area contributed by atoms with E-state index in [1.807, 2.05) is 23.1 Å². The molecule has 4 nitrogen and oxygen atoms in total. The van der Waals surface area contributed by atoms with Gasteiger partial charge in [-0.15, -0.1) is 0 Å². The van der Waals surface area contributed by atoms with Gasteiger partial charge in [-0.05, 0) is 58.3 Å². The predicted octanol–water partition coefficient (Wildman–Crippen LogP) is 1.59. The van der Waals surface area contributed by atoms with Crippen molar-refractivity contribution in [2.75, 3.05) is 26.7 Å². The highest BCUT2D eigenvalue weighted by Gasteiger charge is 2.21. The molecule has 18 heavy (non-hydrogen) atoms. The van der Waals surface area contributed by atoms with Crippen LogP contribution >= 0.6 is 0 Å². The molecule has 0 aromatic carbocycles. The van der Waals surface area contributed by atoms with Gasteiger partial charge in [-0.2, -0.15) is 5.10 Å². The van der Waals surface area contributed by atoms with Gasteiger partial charge in [0.15, 0.2) is 0 Å². The van der Waals surface area contributed by atoms with Crippen LogP contribution in [0.4, 0.5) is 0 Å². The molecule has 0 radical (unpaired) electrons. The van der Waals surface area contributed by atoms with Crippen LogP contribution in [0, 0.1) is 5.92 Å². The Labute approximate surface area is 110 Å². The summed E-state index contributed by atoms with van der Waals surface area (Å²) in [5.41, 5.74) is 0. The molecule has 0 amide bonds. The Balaban J connectivity index is 1.60. The minimum Gasteiger partial charge on any atom is -0.314 e. The fourth-order valence-corrected chi connectivity index (χ4v) is 2.78. The fraction of sp³-hybridized carbons (Fsp3) is 0.786. The van der Waals surface area contributed by atoms with Crippen molar-refractivity contribution in [3.63, 3.8) is 0 Å². The normalized spacial score (nSPS) is 23.1. The maximum Gasteiger partial charge on any atom is 0.0489 e. The number of aryl methyl sites for hydroxylation is 1. The van der Waals surface area contributed by atoms with Gasteiger partial charge in [0.25, 0.3) is 0 Å². The number of hydrogen-bond acceptors (Lipinski definition) is 3. The van der Waals surface area contributed by atoms with Crippen molar-refractivity contribution >= 4 is 0 Å². The molecular weight excluding hydrogens is 224 g/mol. The lowest BCUT2D eigenvalue weighted by atomic mass is 9.92. The van der Waals surface area contributed by atoms with Gasteiger partial charge in [0.05, 0.1) is 0 Å². The van der Waals surface area contributed by atoms with Crippen molar-refractivity contribution in [3.05, 3.63) is 18.5 Å². The Hall–Kier alpha value is -0.870. The Bertz CT molecular complexity index is 323. The van der Waals surface area contributed by atoms with Gasteiger partial charge in [0.2, 0.25) is 0 Å². The molecule has 102 valence electrons. The number of likely N-dealkylation sites (tertiary alicyclic amines) is 1. The molecule has 2 rings (SSSR count). The Kier molecular flexibility index (Phi) is 5.20. The van der Waals surface area contributed by atoms with E-state index in [9.17, 15) is 0 Å². The largest absolute Gasteiger partial charge is 0.314 e. The van der Waals surface area contributed by atoms with Crippen LogP contribution in [0.15, 0.2) is 18.5 Å². The highest BCUT2D eigenvalue weighted by molar-refractivity contribution is 4.80. The van der Waals surface area contributed by atoms with E-state index in [-0.39, 0.29) is 0 Å². The first-order valence-corrected chi connectivity index (χ1v) is 7.15. The summed E-state index contributed by atoms with van der Waals surface area (Å²) in [6, 6.07) is 2.61. The molecule has 0 aliphatic carbocycles. The van der Waals surface area contributed by atoms with E-state index in [4.69, 9.17) is 0 Å². The predicted molar refractivity (Wildman–Crippen MR) is 74.5 cm³/mol. The molecule has 1 aromatic rings. The average molecular weight is 250 g/mol. The monoisotopic (exact) mass is 250 g/mol. The first kappa shape index (κ1) is 13.6. The molecule has 1 aromatic heterocycles. The number of nitrogens with zero attached hydrogens (tertiary/aromatic N) is 3. The van der Waals surface area contributed by atoms with Crippen molar-refractivity contribution < 1.29 is 0 Å². The SMILES string of the molecule is CC(NCCCn1cccn1)C1CCCN(C)C1. The number of nitrogens with one attached hydrogen (secondary N) is 1. The van der Waals surface area contributed by atoms with E-state index < -0.39 is 0 Å². The molecule has 1 N–H and O–H groups in total. The summed E-state index contributed by atoms with van der Waals surface area (Å²) in [7, 11) is 2.23. The van der Waals surface area contributed by atoms with Gasteiger partial charge in [-0.1, -0.05) is 0 Å². The molecule has 0 spiro atoms. The molecule has 1 aliphatic heterocycles. The van der Waals surface area contributed by atoms with Crippen molar-refractivity contribution in [2.45, 2.75) is 38.8 Å². The van der Waals surface area contributed by atoms with Gasteiger partial charge in [0, 0.05) is 31.5 Å². The van der Waals surface area contributed by atoms with E-state index in [0.29, 0.717) is 6.04 Å². The summed E-state index contributed by atoms with van der Waals surface area (Å²) in [5, 5.41) is 7.88. The Morgan fingerprint density at radius 2 is 2.39 bits per heavy atom. The third kappa shape index (κ3) is 4.10. The minimum atomic E-state index is 0.630. The zero-order valence-corrected chi connectivity index (χ0v) is 11.7. The lowest BCUT2D eigenvalue weighted by Crippen LogP contribution is -2.43. The van der Waals surface area contributed by atoms with Crippen LogP contribution in [0.2, 0.25) is 0 Å². The molecule has 2 unspecified atom stereocenters. The zero-order valence-electron chi connectivity index (χ0n) is 11.7. The lowest BCUT2D eigenvalue weighted by Gasteiger charge is -2.34. The summed E-state index contributed by atoms with van der Waals surface area (Å²) < 4.78 is 2.00. The van der Waals surface area contributed by atoms with Crippen LogP contribution in [-0.4, -0.2) is 47.4 Å². The van der Waals surface area contributed by atoms with Gasteiger partial charge in [-0.25, -0.2) is 0 Å². The first-order valence-electron chi connectivity index (χ1n) is 7.15. The summed E-state index contributed by atoms with van der Waals surface area (Å²) >= 11 is 0. The second kappa shape index (κ2) is 6.90. The summed E-state index contributed by atoms with van der Waals surface area (Å²) in [6.45, 7) is 6.94. The Morgan fingerprint density at radius 3 is 3.11 bits per heavy atom. The fourth-order valence-electron chi connectivity index (χ4n) is 2.78. The molecule has 2 atom stereocenters. The molecular formula is C14H26N4. The van der Waals surface area contributed by atoms with Crippen LogP contribution in [0.3, 0.4) is 0 Å². The highest BCUT2D eigenvalue weighted by atomic mass is 15.3. The number of rotatable bonds is 6. The number of piperidine rings is 1. The van der Waals surface area contributed by atoms with Gasteiger partial charge < -0.3 is 10.2 Å². The van der Waals surface area contributed by atoms with Crippen LogP contribution in [-0.2, 0) is 6.54 Å². The quantitative estimate of drug-likeness (QED) is 0.778. The highest BCUT2D eigenvalue weighted by Crippen LogP contribution is 2.18. The summed E-state index contributed by atoms with van der Waals surface area (Å²) in [6.07, 6.45) is 7.74. The second-order valence-electron chi connectivity index (χ2n) is 5.53. The van der Waals surface area contributed by atoms with E-state index in [0.717, 1.165) is 25.4 Å². The van der Waals surface area contributed by atoms with Crippen molar-refractivity contribution in [1.29, 1.82) is 0 Å². The van der Waals surface area contributed by atoms with Gasteiger partial charge in [0.1, 0.15) is 0 Å². The molecule has 2 heterocycles. The lowest BCUT2D eigenvalue weighted by molar-refractivity contribution is 0.178. The average Bonchev–Trinajstić information content (AvgIpc) is 2.87. The smallest absolute Gasteiger partial charge is 0.0489 e. The maximum absolute atomic E-state index is 4.21. The van der Waals surface area contributed by atoms with E-state index >= 15 is 0 Å². The van der Waals surface area contributed by atoms with Crippen molar-refractivity contribution in [2.24, 2.45) is 5.92 Å². The van der Waals surface area contributed by atoms with E-state index in [1.54, 1.807) is 0 Å². The molecule has 1 aliphatic rings. The third-order valence-electron chi connectivity index (χ3n) is 3.96. The van der Waals surface area contributed by atoms with E-state index in [2.05, 4.69) is 29.3 Å². The minimum absolute atomic E-state index is 0.630. The summed E-state index contributed by atoms with van der Waals surface area (Å²) in [5.74, 6) is 0.813. The standard InChI is InChI=1S/C14H26N4/c1-13(14-6-3-9-17(2)12-14)15-7-4-10-18-11-5-8-16-18/h5,8,11,13-15H,3-4,6-7,9-10,12H2,1-2H3. The number of aromatic nitrogens is 2. The van der Waals surface area contributed by atoms with Crippen LogP contribution < -0.4 is 5.32 Å². The maximum atomic E-state index is 4.21. The Morgan fingerprint density at radius 1 is 1.50 bits per heavy atom. The molecule has 1 fully saturated rings. The van der Waals surface area contributed by atoms with Crippen LogP contribution in [0.25, 0.3) is 0 Å². The molecule has 0 bridgehead atoms. The number of hydrogen-bond donors (Lipinski definition) is 1. The van der Waals surface area contributed by atoms with Crippen LogP contribution in [0.1, 0.15) is 26.2 Å². The van der Waals surface area contributed by atoms with Gasteiger partial charge in [-0.3, -0.25) is 4.68 Å². The molecule has 0 saturated carbocycles. The second-order valence-corrected chi connectivity index (χ2v) is 5.53. The van der Waals surface area contributed by atoms with Crippen LogP contribution in [0.5, 0.6) is 0 Å². The van der Waals surface area contributed by atoms with E-state index in [1.165, 1.54) is 25.9 Å². The van der Waals surface area contributed by atoms with Crippen molar-refractivity contribution in [3.8, 4) is 0 Å². The molecule has 4 heteroatoms. The topological polar surface area (TPSA) is 33.1 Å². The van der Waals surface area contributed by atoms with Crippen molar-refractivity contribution in [1.82, 2.24) is 20.0 Å². The third-order valence-corrected chi connectivity index (χ3v) is 3.96. The summed E-state index contributed by atoms with van der Waals surface area (Å²) in [4.78, 5) is 2.45. The molecule has 1 saturated heterocycles. The zero-order chi connectivity index (χ0) is 12.8. The first-order chi connectivity index (χ1) is 8.75.